The number of hydrogen-bond acceptors (Lipinski definition) is 5. The minimum atomic E-state index is -2.98. The third-order valence-electron chi connectivity index (χ3n) is 2.68. The molecule has 1 aromatic carbocycles. The lowest BCUT2D eigenvalue weighted by Gasteiger charge is -2.05. The third kappa shape index (κ3) is 3.61. The van der Waals surface area contributed by atoms with Gasteiger partial charge in [0.1, 0.15) is 0 Å². The maximum atomic E-state index is 12.1. The van der Waals surface area contributed by atoms with Crippen LogP contribution < -0.4 is 0 Å². The molecule has 7 nitrogen and oxygen atoms in total. The number of carboxylic acid groups (broad SMARTS) is 1. The van der Waals surface area contributed by atoms with E-state index in [1.54, 1.807) is 18.2 Å². The summed E-state index contributed by atoms with van der Waals surface area (Å²) in [5.74, 6) is 0.422. The van der Waals surface area contributed by atoms with Gasteiger partial charge in [-0.3, -0.25) is 0 Å². The molecule has 110 valence electrons. The van der Waals surface area contributed by atoms with E-state index in [0.29, 0.717) is 22.0 Å². The van der Waals surface area contributed by atoms with Crippen LogP contribution in [0.25, 0.3) is 11.4 Å². The van der Waals surface area contributed by atoms with Crippen molar-refractivity contribution in [3.8, 4) is 11.4 Å². The Morgan fingerprint density at radius 2 is 1.95 bits per heavy atom. The molecule has 0 aliphatic heterocycles. The maximum Gasteiger partial charge on any atom is 0.439 e. The Labute approximate surface area is 121 Å². The third-order valence-corrected chi connectivity index (χ3v) is 4.33. The lowest BCUT2D eigenvalue weighted by molar-refractivity contribution is 0.206. The molecule has 0 aliphatic carbocycles. The fraction of sp³-hybridized carbons (Fsp3) is 0.154. The molecule has 0 bridgehead atoms. The van der Waals surface area contributed by atoms with Gasteiger partial charge < -0.3 is 10.2 Å². The Balaban J connectivity index is 2.39. The van der Waals surface area contributed by atoms with E-state index >= 15 is 0 Å². The molecular weight excluding hydrogens is 294 g/mol. The molecule has 1 heterocycles. The van der Waals surface area contributed by atoms with Crippen LogP contribution in [-0.2, 0) is 16.3 Å². The summed E-state index contributed by atoms with van der Waals surface area (Å²) in [4.78, 5) is 19.1. The molecule has 1 unspecified atom stereocenters. The number of benzene rings is 1. The van der Waals surface area contributed by atoms with E-state index in [1.165, 1.54) is 24.6 Å². The summed E-state index contributed by atoms with van der Waals surface area (Å²) in [7, 11) is -2.98. The Bertz CT molecular complexity index is 780. The van der Waals surface area contributed by atoms with Gasteiger partial charge in [-0.1, -0.05) is 0 Å². The van der Waals surface area contributed by atoms with Crippen LogP contribution in [-0.4, -0.2) is 36.7 Å². The number of aliphatic hydroxyl groups is 1. The van der Waals surface area contributed by atoms with E-state index in [4.69, 9.17) is 10.2 Å². The first-order valence-electron chi connectivity index (χ1n) is 5.91. The highest BCUT2D eigenvalue weighted by Gasteiger charge is 2.10. The predicted molar refractivity (Wildman–Crippen MR) is 76.2 cm³/mol. The molecule has 8 heteroatoms. The van der Waals surface area contributed by atoms with Crippen LogP contribution in [0, 0.1) is 0 Å². The van der Waals surface area contributed by atoms with Crippen molar-refractivity contribution < 1.29 is 19.2 Å². The van der Waals surface area contributed by atoms with Gasteiger partial charge >= 0.3 is 6.09 Å². The van der Waals surface area contributed by atoms with Crippen LogP contribution in [0.5, 0.6) is 0 Å². The van der Waals surface area contributed by atoms with E-state index in [2.05, 4.69) is 14.3 Å². The van der Waals surface area contributed by atoms with Crippen LogP contribution in [0.1, 0.15) is 5.69 Å². The van der Waals surface area contributed by atoms with Gasteiger partial charge in [0.05, 0.1) is 22.0 Å². The zero-order chi connectivity index (χ0) is 15.5. The number of nitrogens with zero attached hydrogens (tertiary/aromatic N) is 3. The number of amides is 1. The highest BCUT2D eigenvalue weighted by molar-refractivity contribution is 7.93. The monoisotopic (exact) mass is 307 g/mol. The van der Waals surface area contributed by atoms with Crippen molar-refractivity contribution >= 4 is 15.8 Å². The molecule has 2 rings (SSSR count). The number of rotatable bonds is 3. The van der Waals surface area contributed by atoms with Crippen LogP contribution >= 0.6 is 0 Å². The fourth-order valence-corrected chi connectivity index (χ4v) is 2.73. The van der Waals surface area contributed by atoms with Crippen molar-refractivity contribution in [1.29, 1.82) is 0 Å². The van der Waals surface area contributed by atoms with E-state index in [-0.39, 0.29) is 6.61 Å². The topological polar surface area (TPSA) is 113 Å². The van der Waals surface area contributed by atoms with Gasteiger partial charge in [0.15, 0.2) is 5.82 Å². The van der Waals surface area contributed by atoms with Crippen LogP contribution in [0.15, 0.2) is 45.8 Å². The molecule has 0 fully saturated rings. The van der Waals surface area contributed by atoms with Crippen molar-refractivity contribution in [2.24, 2.45) is 4.36 Å². The largest absolute Gasteiger partial charge is 0.463 e. The second-order valence-corrected chi connectivity index (χ2v) is 6.49. The number of aromatic nitrogens is 2. The Hall–Kier alpha value is -2.32. The summed E-state index contributed by atoms with van der Waals surface area (Å²) in [5.41, 5.74) is 1.16. The molecule has 0 saturated heterocycles. The summed E-state index contributed by atoms with van der Waals surface area (Å²) >= 11 is 0. The highest BCUT2D eigenvalue weighted by Crippen LogP contribution is 2.19. The predicted octanol–water partition coefficient (Wildman–Crippen LogP) is 1.77. The van der Waals surface area contributed by atoms with E-state index in [0.717, 1.165) is 0 Å². The molecule has 0 radical (unpaired) electrons. The first-order valence-corrected chi connectivity index (χ1v) is 7.83. The highest BCUT2D eigenvalue weighted by atomic mass is 32.2. The minimum absolute atomic E-state index is 0.187. The number of hydrogen-bond donors (Lipinski definition) is 2. The quantitative estimate of drug-likeness (QED) is 0.893. The molecule has 1 atom stereocenters. The molecule has 2 N–H and O–H groups in total. The first-order chi connectivity index (χ1) is 9.92. The lowest BCUT2D eigenvalue weighted by Crippen LogP contribution is -2.01. The Morgan fingerprint density at radius 1 is 1.29 bits per heavy atom. The Kier molecular flexibility index (Phi) is 4.29. The second-order valence-electron chi connectivity index (χ2n) is 4.23. The molecule has 21 heavy (non-hydrogen) atoms. The van der Waals surface area contributed by atoms with Crippen LogP contribution in [0.3, 0.4) is 0 Å². The zero-order valence-electron chi connectivity index (χ0n) is 11.1. The van der Waals surface area contributed by atoms with Gasteiger partial charge in [-0.05, 0) is 30.3 Å². The first kappa shape index (κ1) is 15.1. The van der Waals surface area contributed by atoms with Crippen LogP contribution in [0.4, 0.5) is 4.79 Å². The molecule has 0 spiro atoms. The van der Waals surface area contributed by atoms with Crippen molar-refractivity contribution in [2.75, 3.05) is 6.26 Å². The maximum absolute atomic E-state index is 12.1. The molecule has 2 aromatic rings. The fourth-order valence-electron chi connectivity index (χ4n) is 1.68. The van der Waals surface area contributed by atoms with Gasteiger partial charge in [0.25, 0.3) is 0 Å². The molecular formula is C13H13N3O4S. The Morgan fingerprint density at radius 3 is 2.52 bits per heavy atom. The summed E-state index contributed by atoms with van der Waals surface area (Å²) < 4.78 is 15.3. The lowest BCUT2D eigenvalue weighted by atomic mass is 10.2. The van der Waals surface area contributed by atoms with Crippen molar-refractivity contribution in [3.05, 3.63) is 42.2 Å². The number of aliphatic hydroxyl groups excluding tert-OH is 1. The normalized spacial score (nSPS) is 13.4. The summed E-state index contributed by atoms with van der Waals surface area (Å²) in [6.07, 6.45) is 1.33. The van der Waals surface area contributed by atoms with Gasteiger partial charge in [0.2, 0.25) is 0 Å². The van der Waals surface area contributed by atoms with E-state index < -0.39 is 15.8 Å². The summed E-state index contributed by atoms with van der Waals surface area (Å²) in [6, 6.07) is 7.92. The average Bonchev–Trinajstić information content (AvgIpc) is 2.46. The smallest absolute Gasteiger partial charge is 0.439 e. The SMILES string of the molecule is CS(=O)(=NC(=O)O)c1ccc(-c2nccc(CO)n2)cc1. The average molecular weight is 307 g/mol. The minimum Gasteiger partial charge on any atom is -0.463 e. The summed E-state index contributed by atoms with van der Waals surface area (Å²) in [5, 5.41) is 17.7. The molecule has 1 amide bonds. The van der Waals surface area contributed by atoms with Gasteiger partial charge in [-0.15, -0.1) is 4.36 Å². The second kappa shape index (κ2) is 5.98. The van der Waals surface area contributed by atoms with Crippen molar-refractivity contribution in [2.45, 2.75) is 11.5 Å². The number of carbonyl (C=O) groups is 1. The van der Waals surface area contributed by atoms with Gasteiger partial charge in [-0.2, -0.15) is 0 Å². The van der Waals surface area contributed by atoms with E-state index in [1.807, 2.05) is 0 Å². The zero-order valence-corrected chi connectivity index (χ0v) is 11.9. The standard InChI is InChI=1S/C13H13N3O4S/c1-21(20,16-13(18)19)11-4-2-9(3-5-11)12-14-7-6-10(8-17)15-12/h2-7,17H,8H2,1H3,(H,18,19). The van der Waals surface area contributed by atoms with E-state index in [9.17, 15) is 9.00 Å². The van der Waals surface area contributed by atoms with Crippen molar-refractivity contribution in [3.63, 3.8) is 0 Å². The molecule has 0 saturated carbocycles. The summed E-state index contributed by atoms with van der Waals surface area (Å²) in [6.45, 7) is -0.187. The van der Waals surface area contributed by atoms with Gasteiger partial charge in [0, 0.05) is 22.9 Å². The van der Waals surface area contributed by atoms with Crippen LogP contribution in [0.2, 0.25) is 0 Å². The molecule has 0 aliphatic rings. The van der Waals surface area contributed by atoms with Gasteiger partial charge in [-0.25, -0.2) is 19.0 Å². The van der Waals surface area contributed by atoms with Crippen molar-refractivity contribution in [1.82, 2.24) is 9.97 Å². The molecule has 1 aromatic heterocycles.